The summed E-state index contributed by atoms with van der Waals surface area (Å²) in [5.41, 5.74) is 1.98. The van der Waals surface area contributed by atoms with Gasteiger partial charge in [-0.25, -0.2) is 0 Å². The van der Waals surface area contributed by atoms with E-state index >= 15 is 0 Å². The van der Waals surface area contributed by atoms with Gasteiger partial charge in [0.25, 0.3) is 5.69 Å². The van der Waals surface area contributed by atoms with Crippen molar-refractivity contribution in [1.82, 2.24) is 0 Å². The van der Waals surface area contributed by atoms with E-state index in [0.29, 0.717) is 12.0 Å². The summed E-state index contributed by atoms with van der Waals surface area (Å²) in [6.07, 6.45) is 0.569. The first kappa shape index (κ1) is 14.2. The average molecular weight is 385 g/mol. The molecule has 0 amide bonds. The molecular formula is C14H11Br2NO2. The fourth-order valence-electron chi connectivity index (χ4n) is 1.87. The molecule has 2 aromatic carbocycles. The van der Waals surface area contributed by atoms with Crippen LogP contribution in [-0.4, -0.2) is 4.92 Å². The van der Waals surface area contributed by atoms with Crippen molar-refractivity contribution in [3.8, 4) is 0 Å². The first-order chi connectivity index (χ1) is 9.08. The molecule has 19 heavy (non-hydrogen) atoms. The van der Waals surface area contributed by atoms with Crippen LogP contribution in [0.1, 0.15) is 16.0 Å². The first-order valence-corrected chi connectivity index (χ1v) is 7.40. The third-order valence-corrected chi connectivity index (χ3v) is 4.14. The van der Waals surface area contributed by atoms with Crippen molar-refractivity contribution in [2.45, 2.75) is 11.2 Å². The number of alkyl halides is 1. The van der Waals surface area contributed by atoms with Crippen LogP contribution in [0, 0.1) is 10.1 Å². The number of nitrogens with zero attached hydrogens (tertiary/aromatic N) is 1. The van der Waals surface area contributed by atoms with E-state index in [4.69, 9.17) is 0 Å². The SMILES string of the molecule is O=[N+]([O-])c1ccc(Br)cc1CC(Br)c1ccccc1. The maximum atomic E-state index is 11.0. The zero-order valence-corrected chi connectivity index (χ0v) is 13.1. The Morgan fingerprint density at radius 2 is 1.84 bits per heavy atom. The number of nitro benzene ring substituents is 1. The van der Waals surface area contributed by atoms with Crippen molar-refractivity contribution in [1.29, 1.82) is 0 Å². The molecule has 0 saturated carbocycles. The van der Waals surface area contributed by atoms with Crippen LogP contribution in [0.2, 0.25) is 0 Å². The third-order valence-electron chi connectivity index (χ3n) is 2.80. The van der Waals surface area contributed by atoms with E-state index in [-0.39, 0.29) is 15.4 Å². The lowest BCUT2D eigenvalue weighted by atomic mass is 10.0. The number of hydrogen-bond donors (Lipinski definition) is 0. The molecule has 0 spiro atoms. The summed E-state index contributed by atoms with van der Waals surface area (Å²) >= 11 is 6.95. The number of benzene rings is 2. The minimum atomic E-state index is -0.341. The lowest BCUT2D eigenvalue weighted by Gasteiger charge is -2.10. The van der Waals surface area contributed by atoms with Crippen molar-refractivity contribution in [2.24, 2.45) is 0 Å². The van der Waals surface area contributed by atoms with Gasteiger partial charge in [-0.15, -0.1) is 0 Å². The Hall–Kier alpha value is -1.20. The zero-order chi connectivity index (χ0) is 13.8. The van der Waals surface area contributed by atoms with Crippen LogP contribution in [0.3, 0.4) is 0 Å². The molecule has 0 saturated heterocycles. The summed E-state index contributed by atoms with van der Waals surface area (Å²) in [5.74, 6) is 0. The monoisotopic (exact) mass is 383 g/mol. The van der Waals surface area contributed by atoms with E-state index in [0.717, 1.165) is 10.0 Å². The van der Waals surface area contributed by atoms with Crippen LogP contribution in [0.4, 0.5) is 5.69 Å². The van der Waals surface area contributed by atoms with E-state index < -0.39 is 0 Å². The predicted octanol–water partition coefficient (Wildman–Crippen LogP) is 5.04. The van der Waals surface area contributed by atoms with E-state index in [1.165, 1.54) is 6.07 Å². The van der Waals surface area contributed by atoms with Crippen LogP contribution in [0.5, 0.6) is 0 Å². The van der Waals surface area contributed by atoms with Gasteiger partial charge in [-0.3, -0.25) is 10.1 Å². The zero-order valence-electron chi connectivity index (χ0n) is 9.92. The summed E-state index contributed by atoms with van der Waals surface area (Å²) < 4.78 is 0.848. The molecule has 0 bridgehead atoms. The molecule has 0 radical (unpaired) electrons. The summed E-state index contributed by atoms with van der Waals surface area (Å²) in [4.78, 5) is 10.7. The quantitative estimate of drug-likeness (QED) is 0.421. The highest BCUT2D eigenvalue weighted by Gasteiger charge is 2.17. The van der Waals surface area contributed by atoms with Gasteiger partial charge in [-0.1, -0.05) is 62.2 Å². The van der Waals surface area contributed by atoms with Crippen LogP contribution < -0.4 is 0 Å². The molecule has 0 aliphatic carbocycles. The largest absolute Gasteiger partial charge is 0.272 e. The van der Waals surface area contributed by atoms with Crippen molar-refractivity contribution in [3.63, 3.8) is 0 Å². The lowest BCUT2D eigenvalue weighted by Crippen LogP contribution is -2.00. The van der Waals surface area contributed by atoms with E-state index in [9.17, 15) is 10.1 Å². The van der Waals surface area contributed by atoms with Crippen LogP contribution in [0.15, 0.2) is 53.0 Å². The number of nitro groups is 1. The van der Waals surface area contributed by atoms with Gasteiger partial charge in [0.1, 0.15) is 0 Å². The Labute approximate surface area is 128 Å². The molecular weight excluding hydrogens is 374 g/mol. The average Bonchev–Trinajstić information content (AvgIpc) is 2.39. The molecule has 0 aromatic heterocycles. The topological polar surface area (TPSA) is 43.1 Å². The number of rotatable bonds is 4. The molecule has 5 heteroatoms. The second-order valence-electron chi connectivity index (χ2n) is 4.11. The molecule has 1 atom stereocenters. The van der Waals surface area contributed by atoms with Crippen LogP contribution in [-0.2, 0) is 6.42 Å². The molecule has 3 nitrogen and oxygen atoms in total. The molecule has 98 valence electrons. The normalized spacial score (nSPS) is 12.1. The molecule has 0 N–H and O–H groups in total. The van der Waals surface area contributed by atoms with Gasteiger partial charge in [0, 0.05) is 20.9 Å². The standard InChI is InChI=1S/C14H11Br2NO2/c15-12-6-7-14(17(18)19)11(8-12)9-13(16)10-4-2-1-3-5-10/h1-8,13H,9H2. The second-order valence-corrected chi connectivity index (χ2v) is 6.13. The highest BCUT2D eigenvalue weighted by atomic mass is 79.9. The van der Waals surface area contributed by atoms with Crippen molar-refractivity contribution in [2.75, 3.05) is 0 Å². The summed E-state index contributed by atoms with van der Waals surface area (Å²) in [7, 11) is 0. The molecule has 0 aliphatic heterocycles. The van der Waals surface area contributed by atoms with Gasteiger partial charge >= 0.3 is 0 Å². The van der Waals surface area contributed by atoms with Gasteiger partial charge < -0.3 is 0 Å². The van der Waals surface area contributed by atoms with Gasteiger partial charge in [0.15, 0.2) is 0 Å². The van der Waals surface area contributed by atoms with E-state index in [1.54, 1.807) is 12.1 Å². The summed E-state index contributed by atoms with van der Waals surface area (Å²) in [6.45, 7) is 0. The van der Waals surface area contributed by atoms with Gasteiger partial charge in [0.05, 0.1) is 4.92 Å². The fourth-order valence-corrected chi connectivity index (χ4v) is 2.93. The predicted molar refractivity (Wildman–Crippen MR) is 82.6 cm³/mol. The Balaban J connectivity index is 2.28. The summed E-state index contributed by atoms with van der Waals surface area (Å²) in [6, 6.07) is 14.9. The highest BCUT2D eigenvalue weighted by Crippen LogP contribution is 2.32. The van der Waals surface area contributed by atoms with Gasteiger partial charge in [0.2, 0.25) is 0 Å². The first-order valence-electron chi connectivity index (χ1n) is 5.70. The van der Waals surface area contributed by atoms with E-state index in [2.05, 4.69) is 31.9 Å². The number of hydrogen-bond acceptors (Lipinski definition) is 2. The van der Waals surface area contributed by atoms with Crippen molar-refractivity contribution in [3.05, 3.63) is 74.2 Å². The molecule has 0 heterocycles. The minimum Gasteiger partial charge on any atom is -0.258 e. The van der Waals surface area contributed by atoms with Crippen LogP contribution in [0.25, 0.3) is 0 Å². The van der Waals surface area contributed by atoms with Crippen LogP contribution >= 0.6 is 31.9 Å². The second kappa shape index (κ2) is 6.30. The van der Waals surface area contributed by atoms with Gasteiger partial charge in [-0.2, -0.15) is 0 Å². The smallest absolute Gasteiger partial charge is 0.258 e. The fraction of sp³-hybridized carbons (Fsp3) is 0.143. The summed E-state index contributed by atoms with van der Waals surface area (Å²) in [5, 5.41) is 11.0. The maximum Gasteiger partial charge on any atom is 0.272 e. The Bertz CT molecular complexity index is 587. The molecule has 0 aliphatic rings. The molecule has 2 aromatic rings. The van der Waals surface area contributed by atoms with Crippen molar-refractivity contribution >= 4 is 37.5 Å². The maximum absolute atomic E-state index is 11.0. The molecule has 2 rings (SSSR count). The Kier molecular flexibility index (Phi) is 4.71. The minimum absolute atomic E-state index is 0.0571. The Morgan fingerprint density at radius 1 is 1.16 bits per heavy atom. The Morgan fingerprint density at radius 3 is 2.47 bits per heavy atom. The molecule has 1 unspecified atom stereocenters. The highest BCUT2D eigenvalue weighted by molar-refractivity contribution is 9.10. The molecule has 0 fully saturated rings. The van der Waals surface area contributed by atoms with Gasteiger partial charge in [-0.05, 0) is 24.1 Å². The van der Waals surface area contributed by atoms with E-state index in [1.807, 2.05) is 30.3 Å². The van der Waals surface area contributed by atoms with Crippen molar-refractivity contribution < 1.29 is 4.92 Å². The number of halogens is 2. The lowest BCUT2D eigenvalue weighted by molar-refractivity contribution is -0.385. The third kappa shape index (κ3) is 3.64.